The molecule has 0 saturated heterocycles. The summed E-state index contributed by atoms with van der Waals surface area (Å²) < 4.78 is 1.18. The van der Waals surface area contributed by atoms with Gasteiger partial charge in [0.15, 0.2) is 0 Å². The molecule has 0 fully saturated rings. The Morgan fingerprint density at radius 1 is 1.19 bits per heavy atom. The highest BCUT2D eigenvalue weighted by Crippen LogP contribution is 2.29. The third kappa shape index (κ3) is 3.94. The van der Waals surface area contributed by atoms with Crippen LogP contribution in [0.3, 0.4) is 0 Å². The fraction of sp³-hybridized carbons (Fsp3) is 0.333. The Hall–Kier alpha value is -2.24. The quantitative estimate of drug-likeness (QED) is 0.701. The van der Waals surface area contributed by atoms with Crippen LogP contribution in [0, 0.1) is 20.8 Å². The van der Waals surface area contributed by atoms with E-state index < -0.39 is 0 Å². The second-order valence-electron chi connectivity index (χ2n) is 6.93. The van der Waals surface area contributed by atoms with E-state index >= 15 is 0 Å². The number of hydrogen-bond acceptors (Lipinski definition) is 4. The van der Waals surface area contributed by atoms with Gasteiger partial charge in [0.25, 0.3) is 0 Å². The van der Waals surface area contributed by atoms with Crippen molar-refractivity contribution in [3.05, 3.63) is 58.1 Å². The summed E-state index contributed by atoms with van der Waals surface area (Å²) in [6, 6.07) is 12.4. The lowest BCUT2D eigenvalue weighted by Crippen LogP contribution is -2.32. The van der Waals surface area contributed by atoms with Crippen LogP contribution in [0.4, 0.5) is 5.69 Å². The van der Waals surface area contributed by atoms with Crippen molar-refractivity contribution >= 4 is 33.1 Å². The molecule has 1 N–H and O–H groups in total. The van der Waals surface area contributed by atoms with Crippen LogP contribution in [0.25, 0.3) is 10.2 Å². The number of carbonyl (C=O) groups is 1. The number of carbonyl (C=O) groups excluding carboxylic acids is 1. The summed E-state index contributed by atoms with van der Waals surface area (Å²) in [4.78, 5) is 19.3. The van der Waals surface area contributed by atoms with Gasteiger partial charge in [-0.25, -0.2) is 4.98 Å². The van der Waals surface area contributed by atoms with Gasteiger partial charge in [-0.1, -0.05) is 29.8 Å². The topological polar surface area (TPSA) is 45.2 Å². The summed E-state index contributed by atoms with van der Waals surface area (Å²) >= 11 is 1.69. The third-order valence-corrected chi connectivity index (χ3v) is 5.87. The molecule has 0 aliphatic heterocycles. The van der Waals surface area contributed by atoms with Crippen molar-refractivity contribution < 1.29 is 4.79 Å². The summed E-state index contributed by atoms with van der Waals surface area (Å²) in [6.07, 6.45) is 0. The van der Waals surface area contributed by atoms with Gasteiger partial charge in [-0.3, -0.25) is 9.69 Å². The molecule has 1 aromatic heterocycles. The number of aryl methyl sites for hydroxylation is 3. The zero-order valence-corrected chi connectivity index (χ0v) is 16.8. The van der Waals surface area contributed by atoms with Crippen molar-refractivity contribution in [2.45, 2.75) is 33.7 Å². The normalized spacial score (nSPS) is 12.5. The molecular formula is C21H25N3OS. The number of amides is 1. The second kappa shape index (κ2) is 7.56. The molecule has 136 valence electrons. The largest absolute Gasteiger partial charge is 0.324 e. The van der Waals surface area contributed by atoms with Crippen molar-refractivity contribution in [1.82, 2.24) is 9.88 Å². The van der Waals surface area contributed by atoms with E-state index in [2.05, 4.69) is 37.4 Å². The van der Waals surface area contributed by atoms with E-state index in [-0.39, 0.29) is 11.9 Å². The van der Waals surface area contributed by atoms with Crippen molar-refractivity contribution in [3.63, 3.8) is 0 Å². The van der Waals surface area contributed by atoms with Gasteiger partial charge >= 0.3 is 0 Å². The molecule has 0 aliphatic carbocycles. The average Bonchev–Trinajstić information content (AvgIpc) is 3.01. The van der Waals surface area contributed by atoms with E-state index in [4.69, 9.17) is 4.98 Å². The van der Waals surface area contributed by atoms with Crippen molar-refractivity contribution in [2.24, 2.45) is 0 Å². The Morgan fingerprint density at radius 3 is 2.50 bits per heavy atom. The van der Waals surface area contributed by atoms with Gasteiger partial charge in [0.05, 0.1) is 22.8 Å². The average molecular weight is 368 g/mol. The molecule has 1 atom stereocenters. The lowest BCUT2D eigenvalue weighted by molar-refractivity contribution is -0.117. The number of nitrogens with zero attached hydrogens (tertiary/aromatic N) is 2. The summed E-state index contributed by atoms with van der Waals surface area (Å²) in [6.45, 7) is 8.54. The molecule has 3 rings (SSSR count). The Kier molecular flexibility index (Phi) is 5.39. The molecule has 26 heavy (non-hydrogen) atoms. The Bertz CT molecular complexity index is 891. The standard InChI is InChI=1S/C21H25N3OS/c1-13-10-14(2)20(15(3)11-13)23-19(25)12-24(5)16(4)21-22-17-8-6-7-9-18(17)26-21/h6-11,16H,12H2,1-5H3,(H,23,25)/t16-/m1/s1. The van der Waals surface area contributed by atoms with Gasteiger partial charge < -0.3 is 5.32 Å². The smallest absolute Gasteiger partial charge is 0.238 e. The van der Waals surface area contributed by atoms with Crippen molar-refractivity contribution in [2.75, 3.05) is 18.9 Å². The van der Waals surface area contributed by atoms with E-state index in [9.17, 15) is 4.79 Å². The maximum atomic E-state index is 12.6. The number of hydrogen-bond donors (Lipinski definition) is 1. The first-order valence-corrected chi connectivity index (χ1v) is 9.60. The molecule has 4 nitrogen and oxygen atoms in total. The SMILES string of the molecule is Cc1cc(C)c(NC(=O)CN(C)[C@H](C)c2nc3ccccc3s2)c(C)c1. The Balaban J connectivity index is 1.69. The van der Waals surface area contributed by atoms with Gasteiger partial charge in [0, 0.05) is 5.69 Å². The maximum Gasteiger partial charge on any atom is 0.238 e. The number of anilines is 1. The number of fused-ring (bicyclic) bond motifs is 1. The van der Waals surface area contributed by atoms with Crippen LogP contribution in [0.2, 0.25) is 0 Å². The van der Waals surface area contributed by atoms with E-state index in [0.29, 0.717) is 6.54 Å². The number of para-hydroxylation sites is 1. The Morgan fingerprint density at radius 2 is 1.85 bits per heavy atom. The van der Waals surface area contributed by atoms with E-state index in [0.717, 1.165) is 27.3 Å². The minimum atomic E-state index is -0.00415. The van der Waals surface area contributed by atoms with Crippen LogP contribution in [-0.2, 0) is 4.79 Å². The van der Waals surface area contributed by atoms with Crippen LogP contribution < -0.4 is 5.32 Å². The summed E-state index contributed by atoms with van der Waals surface area (Å²) in [7, 11) is 1.96. The highest BCUT2D eigenvalue weighted by Gasteiger charge is 2.19. The lowest BCUT2D eigenvalue weighted by Gasteiger charge is -2.23. The summed E-state index contributed by atoms with van der Waals surface area (Å²) in [5, 5.41) is 4.10. The summed E-state index contributed by atoms with van der Waals surface area (Å²) in [5.41, 5.74) is 5.33. The molecular weight excluding hydrogens is 342 g/mol. The summed E-state index contributed by atoms with van der Waals surface area (Å²) in [5.74, 6) is -0.00415. The molecule has 0 unspecified atom stereocenters. The number of benzene rings is 2. The third-order valence-electron chi connectivity index (χ3n) is 4.66. The molecule has 1 amide bonds. The van der Waals surface area contributed by atoms with E-state index in [1.54, 1.807) is 11.3 Å². The minimum Gasteiger partial charge on any atom is -0.324 e. The first kappa shape index (κ1) is 18.5. The molecule has 0 bridgehead atoms. The number of aromatic nitrogens is 1. The van der Waals surface area contributed by atoms with Gasteiger partial charge in [0.1, 0.15) is 5.01 Å². The van der Waals surface area contributed by atoms with Crippen molar-refractivity contribution in [1.29, 1.82) is 0 Å². The monoisotopic (exact) mass is 367 g/mol. The number of likely N-dealkylation sites (N-methyl/N-ethyl adjacent to an activating group) is 1. The van der Waals surface area contributed by atoms with Gasteiger partial charge in [-0.2, -0.15) is 0 Å². The Labute approximate surface area is 158 Å². The van der Waals surface area contributed by atoms with Crippen LogP contribution in [0.15, 0.2) is 36.4 Å². The fourth-order valence-corrected chi connectivity index (χ4v) is 4.26. The number of rotatable bonds is 5. The molecule has 5 heteroatoms. The van der Waals surface area contributed by atoms with E-state index in [1.807, 2.05) is 44.0 Å². The first-order chi connectivity index (χ1) is 12.3. The van der Waals surface area contributed by atoms with Gasteiger partial charge in [0.2, 0.25) is 5.91 Å². The number of thiazole rings is 1. The number of nitrogens with one attached hydrogen (secondary N) is 1. The van der Waals surface area contributed by atoms with Crippen LogP contribution in [0.5, 0.6) is 0 Å². The molecule has 1 heterocycles. The lowest BCUT2D eigenvalue weighted by atomic mass is 10.1. The highest BCUT2D eigenvalue weighted by molar-refractivity contribution is 7.18. The molecule has 2 aromatic carbocycles. The predicted octanol–water partition coefficient (Wildman–Crippen LogP) is 4.85. The fourth-order valence-electron chi connectivity index (χ4n) is 3.18. The zero-order chi connectivity index (χ0) is 18.8. The molecule has 0 radical (unpaired) electrons. The molecule has 3 aromatic rings. The molecule has 0 spiro atoms. The maximum absolute atomic E-state index is 12.6. The van der Waals surface area contributed by atoms with Crippen LogP contribution >= 0.6 is 11.3 Å². The second-order valence-corrected chi connectivity index (χ2v) is 8.00. The highest BCUT2D eigenvalue weighted by atomic mass is 32.1. The van der Waals surface area contributed by atoms with Crippen LogP contribution in [-0.4, -0.2) is 29.4 Å². The molecule has 0 aliphatic rings. The predicted molar refractivity (Wildman–Crippen MR) is 110 cm³/mol. The van der Waals surface area contributed by atoms with Gasteiger partial charge in [-0.15, -0.1) is 11.3 Å². The van der Waals surface area contributed by atoms with E-state index in [1.165, 1.54) is 10.3 Å². The zero-order valence-electron chi connectivity index (χ0n) is 16.0. The first-order valence-electron chi connectivity index (χ1n) is 8.78. The minimum absolute atomic E-state index is 0.00415. The van der Waals surface area contributed by atoms with Crippen molar-refractivity contribution in [3.8, 4) is 0 Å². The van der Waals surface area contributed by atoms with Gasteiger partial charge in [-0.05, 0) is 58.0 Å². The molecule has 0 saturated carbocycles. The van der Waals surface area contributed by atoms with Crippen LogP contribution in [0.1, 0.15) is 34.7 Å².